The van der Waals surface area contributed by atoms with Crippen molar-refractivity contribution in [2.45, 2.75) is 72.1 Å². The van der Waals surface area contributed by atoms with Gasteiger partial charge in [-0.2, -0.15) is 0 Å². The molecule has 4 aliphatic rings. The number of hydrogen-bond acceptors (Lipinski definition) is 1. The quantitative estimate of drug-likeness (QED) is 0.562. The third-order valence-electron chi connectivity index (χ3n) is 8.06. The molecule has 0 heterocycles. The van der Waals surface area contributed by atoms with E-state index in [0.717, 1.165) is 30.6 Å². The molecule has 0 bridgehead atoms. The van der Waals surface area contributed by atoms with Gasteiger partial charge in [-0.15, -0.1) is 0 Å². The third kappa shape index (κ3) is 1.79. The van der Waals surface area contributed by atoms with Gasteiger partial charge in [-0.05, 0) is 74.0 Å². The number of Topliss-reactive ketones (excluding diaryl/α,β-unsaturated/α-hetero) is 1. The maximum Gasteiger partial charge on any atom is 0.139 e. The second-order valence-electron chi connectivity index (χ2n) is 9.03. The zero-order valence-corrected chi connectivity index (χ0v) is 14.0. The summed E-state index contributed by atoms with van der Waals surface area (Å²) in [5.74, 6) is 3.77. The number of rotatable bonds is 0. The second kappa shape index (κ2) is 4.46. The van der Waals surface area contributed by atoms with Gasteiger partial charge in [-0.25, -0.2) is 0 Å². The molecule has 116 valence electrons. The van der Waals surface area contributed by atoms with E-state index in [1.165, 1.54) is 38.5 Å². The van der Waals surface area contributed by atoms with Crippen LogP contribution in [0.2, 0.25) is 0 Å². The molecule has 0 radical (unpaired) electrons. The molecule has 3 saturated carbocycles. The van der Waals surface area contributed by atoms with E-state index in [1.54, 1.807) is 5.57 Å². The fourth-order valence-corrected chi connectivity index (χ4v) is 6.61. The van der Waals surface area contributed by atoms with Crippen LogP contribution < -0.4 is 0 Å². The molecule has 3 fully saturated rings. The van der Waals surface area contributed by atoms with Crippen molar-refractivity contribution in [3.63, 3.8) is 0 Å². The van der Waals surface area contributed by atoms with Crippen molar-refractivity contribution in [1.82, 2.24) is 0 Å². The van der Waals surface area contributed by atoms with Crippen LogP contribution in [0, 0.1) is 34.5 Å². The van der Waals surface area contributed by atoms with Crippen LogP contribution in [0.25, 0.3) is 0 Å². The van der Waals surface area contributed by atoms with Crippen molar-refractivity contribution in [3.8, 4) is 0 Å². The van der Waals surface area contributed by atoms with Gasteiger partial charge in [0.2, 0.25) is 0 Å². The summed E-state index contributed by atoms with van der Waals surface area (Å²) in [6.45, 7) is 7.26. The summed E-state index contributed by atoms with van der Waals surface area (Å²) in [6, 6.07) is 0. The first-order valence-electron chi connectivity index (χ1n) is 9.18. The monoisotopic (exact) mass is 286 g/mol. The topological polar surface area (TPSA) is 17.1 Å². The molecule has 1 heteroatoms. The summed E-state index contributed by atoms with van der Waals surface area (Å²) in [7, 11) is 0. The van der Waals surface area contributed by atoms with E-state index < -0.39 is 0 Å². The predicted octanol–water partition coefficient (Wildman–Crippen LogP) is 5.15. The number of ketones is 1. The summed E-state index contributed by atoms with van der Waals surface area (Å²) in [5.41, 5.74) is 2.27. The number of carbonyl (C=O) groups excluding carboxylic acids is 1. The van der Waals surface area contributed by atoms with Crippen molar-refractivity contribution in [2.24, 2.45) is 34.5 Å². The highest BCUT2D eigenvalue weighted by molar-refractivity contribution is 5.87. The highest BCUT2D eigenvalue weighted by Gasteiger charge is 2.58. The first-order valence-corrected chi connectivity index (χ1v) is 9.18. The molecule has 1 unspecified atom stereocenters. The molecule has 21 heavy (non-hydrogen) atoms. The minimum atomic E-state index is 0.0326. The Bertz CT molecular complexity index is 504. The Morgan fingerprint density at radius 3 is 2.57 bits per heavy atom. The predicted molar refractivity (Wildman–Crippen MR) is 85.9 cm³/mol. The van der Waals surface area contributed by atoms with Crippen molar-refractivity contribution in [3.05, 3.63) is 11.6 Å². The van der Waals surface area contributed by atoms with Gasteiger partial charge in [0.05, 0.1) is 0 Å². The molecule has 0 aromatic heterocycles. The second-order valence-corrected chi connectivity index (χ2v) is 9.03. The Kier molecular flexibility index (Phi) is 2.98. The molecule has 0 amide bonds. The van der Waals surface area contributed by atoms with Crippen LogP contribution in [0.1, 0.15) is 72.1 Å². The van der Waals surface area contributed by atoms with Gasteiger partial charge in [0.15, 0.2) is 0 Å². The SMILES string of the molecule is C[C@H]1CC[C@@]2(C)C(=CCC3[C@@H]2CC[C@]2(C)C(=O)CC[C@@H]32)C1. The zero-order chi connectivity index (χ0) is 14.8. The average Bonchev–Trinajstić information content (AvgIpc) is 2.76. The highest BCUT2D eigenvalue weighted by atomic mass is 16.1. The van der Waals surface area contributed by atoms with E-state index in [-0.39, 0.29) is 5.41 Å². The van der Waals surface area contributed by atoms with Crippen LogP contribution in [-0.4, -0.2) is 5.78 Å². The lowest BCUT2D eigenvalue weighted by atomic mass is 9.47. The van der Waals surface area contributed by atoms with E-state index in [1.807, 2.05) is 0 Å². The van der Waals surface area contributed by atoms with E-state index in [9.17, 15) is 4.79 Å². The Balaban J connectivity index is 1.69. The summed E-state index contributed by atoms with van der Waals surface area (Å²) in [5, 5.41) is 0. The van der Waals surface area contributed by atoms with E-state index in [2.05, 4.69) is 26.8 Å². The van der Waals surface area contributed by atoms with Gasteiger partial charge in [0, 0.05) is 11.8 Å². The molecule has 0 aromatic rings. The maximum atomic E-state index is 12.4. The van der Waals surface area contributed by atoms with Crippen LogP contribution in [0.4, 0.5) is 0 Å². The lowest BCUT2D eigenvalue weighted by Gasteiger charge is -2.57. The Labute approximate surface area is 129 Å². The Morgan fingerprint density at radius 2 is 1.76 bits per heavy atom. The minimum Gasteiger partial charge on any atom is -0.299 e. The fourth-order valence-electron chi connectivity index (χ4n) is 6.61. The zero-order valence-electron chi connectivity index (χ0n) is 14.0. The third-order valence-corrected chi connectivity index (χ3v) is 8.06. The van der Waals surface area contributed by atoms with Crippen LogP contribution in [-0.2, 0) is 4.79 Å². The molecule has 0 aromatic carbocycles. The summed E-state index contributed by atoms with van der Waals surface area (Å²) in [6.07, 6.45) is 12.5. The number of fused-ring (bicyclic) bond motifs is 5. The molecule has 0 aliphatic heterocycles. The van der Waals surface area contributed by atoms with Crippen LogP contribution >= 0.6 is 0 Å². The Morgan fingerprint density at radius 1 is 1.05 bits per heavy atom. The van der Waals surface area contributed by atoms with E-state index in [0.29, 0.717) is 17.1 Å². The largest absolute Gasteiger partial charge is 0.299 e. The van der Waals surface area contributed by atoms with Crippen molar-refractivity contribution >= 4 is 5.78 Å². The molecule has 6 atom stereocenters. The van der Waals surface area contributed by atoms with Crippen molar-refractivity contribution in [1.29, 1.82) is 0 Å². The minimum absolute atomic E-state index is 0.0326. The summed E-state index contributed by atoms with van der Waals surface area (Å²) >= 11 is 0. The normalized spacial score (nSPS) is 52.7. The first kappa shape index (κ1) is 14.0. The van der Waals surface area contributed by atoms with E-state index in [4.69, 9.17) is 0 Å². The molecular weight excluding hydrogens is 256 g/mol. The fraction of sp³-hybridized carbons (Fsp3) is 0.850. The molecule has 0 N–H and O–H groups in total. The van der Waals surface area contributed by atoms with Gasteiger partial charge < -0.3 is 0 Å². The number of carbonyl (C=O) groups is 1. The van der Waals surface area contributed by atoms with Gasteiger partial charge in [-0.1, -0.05) is 32.4 Å². The molecule has 0 spiro atoms. The van der Waals surface area contributed by atoms with Gasteiger partial charge in [-0.3, -0.25) is 4.79 Å². The van der Waals surface area contributed by atoms with Crippen LogP contribution in [0.15, 0.2) is 11.6 Å². The lowest BCUT2D eigenvalue weighted by Crippen LogP contribution is -2.50. The molecule has 1 nitrogen and oxygen atoms in total. The van der Waals surface area contributed by atoms with Gasteiger partial charge >= 0.3 is 0 Å². The summed E-state index contributed by atoms with van der Waals surface area (Å²) < 4.78 is 0. The van der Waals surface area contributed by atoms with Crippen molar-refractivity contribution < 1.29 is 4.79 Å². The maximum absolute atomic E-state index is 12.4. The van der Waals surface area contributed by atoms with Gasteiger partial charge in [0.1, 0.15) is 5.78 Å². The number of allylic oxidation sites excluding steroid dienone is 2. The molecule has 4 aliphatic carbocycles. The first-order chi connectivity index (χ1) is 9.95. The van der Waals surface area contributed by atoms with Gasteiger partial charge in [0.25, 0.3) is 0 Å². The average molecular weight is 286 g/mol. The lowest BCUT2D eigenvalue weighted by molar-refractivity contribution is -0.131. The molecule has 0 saturated heterocycles. The molecular formula is C20H30O. The summed E-state index contributed by atoms with van der Waals surface area (Å²) in [4.78, 5) is 12.4. The smallest absolute Gasteiger partial charge is 0.139 e. The highest BCUT2D eigenvalue weighted by Crippen LogP contribution is 2.64. The molecule has 4 rings (SSSR count). The van der Waals surface area contributed by atoms with Crippen molar-refractivity contribution in [2.75, 3.05) is 0 Å². The van der Waals surface area contributed by atoms with Crippen LogP contribution in [0.3, 0.4) is 0 Å². The van der Waals surface area contributed by atoms with Crippen LogP contribution in [0.5, 0.6) is 0 Å². The standard InChI is InChI=1S/C20H30O/c1-13-8-10-19(2)14(12-13)4-5-15-16-6-7-18(21)20(16,3)11-9-17(15)19/h4,13,15-17H,5-12H2,1-3H3/t13-,15?,16-,17-,19-,20-/m0/s1. The number of hydrogen-bond donors (Lipinski definition) is 0. The Hall–Kier alpha value is -0.590. The van der Waals surface area contributed by atoms with E-state index >= 15 is 0 Å².